The van der Waals surface area contributed by atoms with Crippen LogP contribution in [0.2, 0.25) is 0 Å². The molecule has 0 spiro atoms. The first-order valence-electron chi connectivity index (χ1n) is 7.22. The Morgan fingerprint density at radius 1 is 1.25 bits per heavy atom. The summed E-state index contributed by atoms with van der Waals surface area (Å²) >= 11 is 2.29. The fourth-order valence-electron chi connectivity index (χ4n) is 2.90. The maximum Gasteiger partial charge on any atom is 0.133 e. The third-order valence-corrected chi connectivity index (χ3v) is 5.19. The molecule has 3 unspecified atom stereocenters. The second-order valence-electron chi connectivity index (χ2n) is 6.70. The highest BCUT2D eigenvalue weighted by molar-refractivity contribution is 14.1. The lowest BCUT2D eigenvalue weighted by atomic mass is 9.69. The van der Waals surface area contributed by atoms with Gasteiger partial charge < -0.3 is 4.74 Å². The Morgan fingerprint density at radius 2 is 1.95 bits per heavy atom. The van der Waals surface area contributed by atoms with Crippen molar-refractivity contribution in [1.29, 1.82) is 5.26 Å². The first-order chi connectivity index (χ1) is 9.41. The lowest BCUT2D eigenvalue weighted by molar-refractivity contribution is 0.0488. The van der Waals surface area contributed by atoms with Crippen molar-refractivity contribution in [2.45, 2.75) is 46.1 Å². The van der Waals surface area contributed by atoms with Crippen molar-refractivity contribution in [2.75, 3.05) is 0 Å². The number of rotatable bonds is 2. The lowest BCUT2D eigenvalue weighted by Crippen LogP contribution is -2.38. The normalized spacial score (nSPS) is 26.9. The van der Waals surface area contributed by atoms with Crippen LogP contribution in [0.5, 0.6) is 5.75 Å². The van der Waals surface area contributed by atoms with E-state index in [9.17, 15) is 5.26 Å². The van der Waals surface area contributed by atoms with Crippen LogP contribution in [-0.4, -0.2) is 6.10 Å². The first kappa shape index (κ1) is 15.6. The molecule has 0 heterocycles. The molecule has 1 saturated carbocycles. The number of ether oxygens (including phenoxy) is 1. The van der Waals surface area contributed by atoms with Gasteiger partial charge in [0.1, 0.15) is 11.9 Å². The van der Waals surface area contributed by atoms with Crippen molar-refractivity contribution in [3.05, 3.63) is 27.8 Å². The van der Waals surface area contributed by atoms with Crippen molar-refractivity contribution in [1.82, 2.24) is 0 Å². The van der Waals surface area contributed by atoms with Gasteiger partial charge in [0.25, 0.3) is 0 Å². The Kier molecular flexibility index (Phi) is 4.95. The van der Waals surface area contributed by atoms with Crippen LogP contribution in [0.25, 0.3) is 0 Å². The fraction of sp³-hybridized carbons (Fsp3) is 0.588. The summed E-state index contributed by atoms with van der Waals surface area (Å²) < 4.78 is 7.30. The molecule has 0 amide bonds. The molecule has 0 aromatic heterocycles. The summed E-state index contributed by atoms with van der Waals surface area (Å²) in [5.41, 5.74) is 0.284. The van der Waals surface area contributed by atoms with Crippen molar-refractivity contribution in [3.8, 4) is 11.8 Å². The molecular weight excluding hydrogens is 361 g/mol. The zero-order chi connectivity index (χ0) is 14.8. The Labute approximate surface area is 135 Å². The second-order valence-corrected chi connectivity index (χ2v) is 7.86. The standard InChI is InChI=1S/C17H22INO/c1-17(2,3)13-9-8-12(11-19)16(10-13)20-15-7-5-4-6-14(15)18/h4-7,12-13,16H,8-10H2,1-3H3. The minimum absolute atomic E-state index is 0.0182. The van der Waals surface area contributed by atoms with Crippen LogP contribution in [0.1, 0.15) is 40.0 Å². The van der Waals surface area contributed by atoms with Crippen LogP contribution in [0.15, 0.2) is 24.3 Å². The molecule has 0 saturated heterocycles. The van der Waals surface area contributed by atoms with Crippen LogP contribution in [0.3, 0.4) is 0 Å². The van der Waals surface area contributed by atoms with Gasteiger partial charge in [-0.3, -0.25) is 0 Å². The zero-order valence-electron chi connectivity index (χ0n) is 12.4. The number of halogens is 1. The second kappa shape index (κ2) is 6.34. The number of hydrogen-bond donors (Lipinski definition) is 0. The van der Waals surface area contributed by atoms with Crippen molar-refractivity contribution in [3.63, 3.8) is 0 Å². The van der Waals surface area contributed by atoms with Gasteiger partial charge in [-0.25, -0.2) is 0 Å². The minimum Gasteiger partial charge on any atom is -0.488 e. The minimum atomic E-state index is 0.0182. The van der Waals surface area contributed by atoms with Gasteiger partial charge in [-0.15, -0.1) is 0 Å². The van der Waals surface area contributed by atoms with E-state index in [0.29, 0.717) is 5.92 Å². The summed E-state index contributed by atoms with van der Waals surface area (Å²) in [6.07, 6.45) is 3.08. The van der Waals surface area contributed by atoms with E-state index in [1.165, 1.54) is 0 Å². The van der Waals surface area contributed by atoms with E-state index in [2.05, 4.69) is 49.4 Å². The van der Waals surface area contributed by atoms with Crippen molar-refractivity contribution in [2.24, 2.45) is 17.3 Å². The molecule has 1 fully saturated rings. The summed E-state index contributed by atoms with van der Waals surface area (Å²) in [6, 6.07) is 10.5. The number of benzene rings is 1. The zero-order valence-corrected chi connectivity index (χ0v) is 14.6. The third-order valence-electron chi connectivity index (χ3n) is 4.30. The average molecular weight is 383 g/mol. The topological polar surface area (TPSA) is 33.0 Å². The molecule has 20 heavy (non-hydrogen) atoms. The Balaban J connectivity index is 2.14. The van der Waals surface area contributed by atoms with Crippen LogP contribution >= 0.6 is 22.6 Å². The Morgan fingerprint density at radius 3 is 2.55 bits per heavy atom. The molecule has 1 aromatic carbocycles. The molecule has 0 bridgehead atoms. The summed E-state index contributed by atoms with van der Waals surface area (Å²) in [6.45, 7) is 6.86. The van der Waals surface area contributed by atoms with Crippen LogP contribution in [0.4, 0.5) is 0 Å². The van der Waals surface area contributed by atoms with Gasteiger partial charge in [-0.05, 0) is 65.3 Å². The van der Waals surface area contributed by atoms with Gasteiger partial charge in [-0.2, -0.15) is 5.26 Å². The van der Waals surface area contributed by atoms with Gasteiger partial charge >= 0.3 is 0 Å². The predicted octanol–water partition coefficient (Wildman–Crippen LogP) is 5.02. The molecule has 0 N–H and O–H groups in total. The molecule has 1 aliphatic rings. The molecule has 3 atom stereocenters. The molecule has 3 heteroatoms. The number of para-hydroxylation sites is 1. The maximum absolute atomic E-state index is 9.37. The molecular formula is C17H22INO. The highest BCUT2D eigenvalue weighted by atomic mass is 127. The highest BCUT2D eigenvalue weighted by Gasteiger charge is 2.37. The smallest absolute Gasteiger partial charge is 0.133 e. The van der Waals surface area contributed by atoms with E-state index in [-0.39, 0.29) is 17.4 Å². The van der Waals surface area contributed by atoms with Crippen LogP contribution < -0.4 is 4.74 Å². The molecule has 2 rings (SSSR count). The number of nitrogens with zero attached hydrogens (tertiary/aromatic N) is 1. The van der Waals surface area contributed by atoms with E-state index >= 15 is 0 Å². The van der Waals surface area contributed by atoms with E-state index < -0.39 is 0 Å². The molecule has 108 valence electrons. The van der Waals surface area contributed by atoms with Crippen LogP contribution in [-0.2, 0) is 0 Å². The lowest BCUT2D eigenvalue weighted by Gasteiger charge is -2.39. The van der Waals surface area contributed by atoms with Crippen molar-refractivity contribution < 1.29 is 4.74 Å². The van der Waals surface area contributed by atoms with E-state index in [1.807, 2.05) is 24.3 Å². The van der Waals surface area contributed by atoms with Crippen LogP contribution in [0, 0.1) is 32.2 Å². The molecule has 2 nitrogen and oxygen atoms in total. The van der Waals surface area contributed by atoms with Gasteiger partial charge in [0, 0.05) is 0 Å². The van der Waals surface area contributed by atoms with E-state index in [0.717, 1.165) is 28.6 Å². The Bertz CT molecular complexity index is 500. The predicted molar refractivity (Wildman–Crippen MR) is 89.5 cm³/mol. The summed E-state index contributed by atoms with van der Waals surface area (Å²) in [4.78, 5) is 0. The Hall–Kier alpha value is -0.760. The summed E-state index contributed by atoms with van der Waals surface area (Å²) in [5, 5.41) is 9.37. The number of nitriles is 1. The first-order valence-corrected chi connectivity index (χ1v) is 8.30. The van der Waals surface area contributed by atoms with Gasteiger partial charge in [0.2, 0.25) is 0 Å². The molecule has 0 radical (unpaired) electrons. The van der Waals surface area contributed by atoms with E-state index in [4.69, 9.17) is 4.74 Å². The van der Waals surface area contributed by atoms with E-state index in [1.54, 1.807) is 0 Å². The monoisotopic (exact) mass is 383 g/mol. The quantitative estimate of drug-likeness (QED) is 0.672. The van der Waals surface area contributed by atoms with Gasteiger partial charge in [-0.1, -0.05) is 32.9 Å². The largest absolute Gasteiger partial charge is 0.488 e. The summed E-state index contributed by atoms with van der Waals surface area (Å²) in [5.74, 6) is 1.55. The van der Waals surface area contributed by atoms with Crippen molar-refractivity contribution >= 4 is 22.6 Å². The molecule has 0 aliphatic heterocycles. The number of hydrogen-bond acceptors (Lipinski definition) is 2. The molecule has 1 aromatic rings. The van der Waals surface area contributed by atoms with Gasteiger partial charge in [0.15, 0.2) is 0 Å². The average Bonchev–Trinajstić information content (AvgIpc) is 2.40. The highest BCUT2D eigenvalue weighted by Crippen LogP contribution is 2.41. The summed E-state index contributed by atoms with van der Waals surface area (Å²) in [7, 11) is 0. The maximum atomic E-state index is 9.37. The third kappa shape index (κ3) is 3.66. The SMILES string of the molecule is CC(C)(C)C1CCC(C#N)C(Oc2ccccc2I)C1. The fourth-order valence-corrected chi connectivity index (χ4v) is 3.41. The van der Waals surface area contributed by atoms with Gasteiger partial charge in [0.05, 0.1) is 15.6 Å². The molecule has 1 aliphatic carbocycles.